The Morgan fingerprint density at radius 2 is 1.89 bits per heavy atom. The van der Waals surface area contributed by atoms with Crippen molar-refractivity contribution in [3.8, 4) is 0 Å². The summed E-state index contributed by atoms with van der Waals surface area (Å²) in [5.74, 6) is -0.174. The third-order valence-electron chi connectivity index (χ3n) is 2.39. The van der Waals surface area contributed by atoms with Crippen LogP contribution in [0.2, 0.25) is 0 Å². The maximum absolute atomic E-state index is 7.50. The van der Waals surface area contributed by atoms with Crippen molar-refractivity contribution < 1.29 is 4.84 Å². The molecule has 0 saturated carbocycles. The highest BCUT2D eigenvalue weighted by Crippen LogP contribution is 2.03. The Balaban J connectivity index is 2.08. The number of nitrogens with one attached hydrogen (secondary N) is 1. The van der Waals surface area contributed by atoms with Crippen LogP contribution < -0.4 is 5.73 Å². The molecule has 2 aromatic rings. The van der Waals surface area contributed by atoms with E-state index in [1.54, 1.807) is 24.4 Å². The van der Waals surface area contributed by atoms with Crippen molar-refractivity contribution in [1.82, 2.24) is 4.98 Å². The SMILES string of the molecule is N=C(N)C(=NOCc1ccccc1)c1ccccn1. The molecule has 19 heavy (non-hydrogen) atoms. The minimum Gasteiger partial charge on any atom is -0.390 e. The summed E-state index contributed by atoms with van der Waals surface area (Å²) in [6.45, 7) is 0.324. The molecular formula is C14H14N4O. The maximum atomic E-state index is 7.50. The Kier molecular flexibility index (Phi) is 4.23. The number of benzene rings is 1. The second-order valence-corrected chi connectivity index (χ2v) is 3.83. The highest BCUT2D eigenvalue weighted by Gasteiger charge is 2.08. The van der Waals surface area contributed by atoms with Crippen molar-refractivity contribution in [2.24, 2.45) is 10.9 Å². The van der Waals surface area contributed by atoms with Crippen LogP contribution in [0.25, 0.3) is 0 Å². The molecule has 0 spiro atoms. The van der Waals surface area contributed by atoms with Crippen LogP contribution in [0.4, 0.5) is 0 Å². The smallest absolute Gasteiger partial charge is 0.169 e. The molecule has 1 aromatic carbocycles. The highest BCUT2D eigenvalue weighted by atomic mass is 16.6. The maximum Gasteiger partial charge on any atom is 0.169 e. The van der Waals surface area contributed by atoms with E-state index in [1.165, 1.54) is 0 Å². The fraction of sp³-hybridized carbons (Fsp3) is 0.0714. The van der Waals surface area contributed by atoms with Crippen molar-refractivity contribution >= 4 is 11.5 Å². The summed E-state index contributed by atoms with van der Waals surface area (Å²) in [7, 11) is 0. The van der Waals surface area contributed by atoms with Crippen molar-refractivity contribution in [2.75, 3.05) is 0 Å². The van der Waals surface area contributed by atoms with Gasteiger partial charge in [0.15, 0.2) is 5.71 Å². The molecule has 5 heteroatoms. The van der Waals surface area contributed by atoms with Crippen LogP contribution in [0.3, 0.4) is 0 Å². The van der Waals surface area contributed by atoms with Crippen molar-refractivity contribution in [1.29, 1.82) is 5.41 Å². The second kappa shape index (κ2) is 6.30. The lowest BCUT2D eigenvalue weighted by atomic mass is 10.2. The Bertz CT molecular complexity index is 567. The number of pyridine rings is 1. The molecule has 0 aliphatic carbocycles. The predicted molar refractivity (Wildman–Crippen MR) is 73.9 cm³/mol. The van der Waals surface area contributed by atoms with E-state index in [1.807, 2.05) is 30.3 Å². The van der Waals surface area contributed by atoms with Gasteiger partial charge in [0.1, 0.15) is 12.4 Å². The number of hydrogen-bond donors (Lipinski definition) is 2. The van der Waals surface area contributed by atoms with E-state index in [0.717, 1.165) is 5.56 Å². The van der Waals surface area contributed by atoms with E-state index in [2.05, 4.69) is 10.1 Å². The summed E-state index contributed by atoms with van der Waals surface area (Å²) in [4.78, 5) is 9.32. The molecule has 0 amide bonds. The van der Waals surface area contributed by atoms with Crippen molar-refractivity contribution in [3.63, 3.8) is 0 Å². The average molecular weight is 254 g/mol. The van der Waals surface area contributed by atoms with Gasteiger partial charge in [0.05, 0.1) is 5.69 Å². The summed E-state index contributed by atoms with van der Waals surface area (Å²) in [6.07, 6.45) is 1.62. The van der Waals surface area contributed by atoms with Gasteiger partial charge < -0.3 is 10.6 Å². The number of aromatic nitrogens is 1. The quantitative estimate of drug-likeness (QED) is 0.486. The van der Waals surface area contributed by atoms with Crippen molar-refractivity contribution in [3.05, 3.63) is 66.0 Å². The number of nitrogens with two attached hydrogens (primary N) is 1. The highest BCUT2D eigenvalue weighted by molar-refractivity contribution is 6.45. The zero-order chi connectivity index (χ0) is 13.5. The molecule has 0 radical (unpaired) electrons. The molecule has 5 nitrogen and oxygen atoms in total. The first-order valence-corrected chi connectivity index (χ1v) is 5.77. The van der Waals surface area contributed by atoms with E-state index in [0.29, 0.717) is 12.3 Å². The van der Waals surface area contributed by atoms with Gasteiger partial charge >= 0.3 is 0 Å². The van der Waals surface area contributed by atoms with Crippen LogP contribution in [-0.2, 0) is 11.4 Å². The second-order valence-electron chi connectivity index (χ2n) is 3.83. The fourth-order valence-corrected chi connectivity index (χ4v) is 1.48. The number of oxime groups is 1. The van der Waals surface area contributed by atoms with Gasteiger partial charge in [0.2, 0.25) is 0 Å². The van der Waals surface area contributed by atoms with Gasteiger partial charge in [-0.3, -0.25) is 10.4 Å². The average Bonchev–Trinajstić information content (AvgIpc) is 2.45. The number of nitrogens with zero attached hydrogens (tertiary/aromatic N) is 2. The summed E-state index contributed by atoms with van der Waals surface area (Å²) < 4.78 is 0. The van der Waals surface area contributed by atoms with Gasteiger partial charge in [-0.25, -0.2) is 0 Å². The van der Waals surface area contributed by atoms with E-state index in [9.17, 15) is 0 Å². The molecule has 0 atom stereocenters. The Morgan fingerprint density at radius 1 is 1.16 bits per heavy atom. The van der Waals surface area contributed by atoms with Crippen LogP contribution >= 0.6 is 0 Å². The monoisotopic (exact) mass is 254 g/mol. The zero-order valence-corrected chi connectivity index (χ0v) is 10.3. The van der Waals surface area contributed by atoms with Crippen LogP contribution in [-0.4, -0.2) is 16.5 Å². The van der Waals surface area contributed by atoms with Crippen LogP contribution in [0.1, 0.15) is 11.3 Å². The third kappa shape index (κ3) is 3.64. The molecule has 2 rings (SSSR count). The summed E-state index contributed by atoms with van der Waals surface area (Å²) in [6, 6.07) is 15.0. The predicted octanol–water partition coefficient (Wildman–Crippen LogP) is 1.94. The lowest BCUT2D eigenvalue weighted by Gasteiger charge is -2.04. The fourth-order valence-electron chi connectivity index (χ4n) is 1.48. The summed E-state index contributed by atoms with van der Waals surface area (Å²) >= 11 is 0. The van der Waals surface area contributed by atoms with Gasteiger partial charge in [-0.1, -0.05) is 41.6 Å². The topological polar surface area (TPSA) is 84.4 Å². The number of amidine groups is 1. The van der Waals surface area contributed by atoms with Gasteiger partial charge in [0, 0.05) is 6.20 Å². The molecule has 1 aromatic heterocycles. The van der Waals surface area contributed by atoms with Crippen LogP contribution in [0, 0.1) is 5.41 Å². The number of hydrogen-bond acceptors (Lipinski definition) is 4. The van der Waals surface area contributed by atoms with E-state index in [4.69, 9.17) is 16.0 Å². The van der Waals surface area contributed by atoms with E-state index >= 15 is 0 Å². The summed E-state index contributed by atoms with van der Waals surface area (Å²) in [5, 5.41) is 11.4. The minimum absolute atomic E-state index is 0.174. The first-order valence-electron chi connectivity index (χ1n) is 5.77. The Morgan fingerprint density at radius 3 is 2.53 bits per heavy atom. The van der Waals surface area contributed by atoms with Gasteiger partial charge in [-0.15, -0.1) is 0 Å². The molecule has 0 saturated heterocycles. The third-order valence-corrected chi connectivity index (χ3v) is 2.39. The first kappa shape index (κ1) is 12.8. The number of rotatable bonds is 5. The van der Waals surface area contributed by atoms with Crippen LogP contribution in [0.15, 0.2) is 59.9 Å². The van der Waals surface area contributed by atoms with Gasteiger partial charge in [-0.05, 0) is 17.7 Å². The molecular weight excluding hydrogens is 240 g/mol. The molecule has 0 bridgehead atoms. The molecule has 0 unspecified atom stereocenters. The van der Waals surface area contributed by atoms with Gasteiger partial charge in [0.25, 0.3) is 0 Å². The molecule has 1 heterocycles. The Hall–Kier alpha value is -2.69. The molecule has 96 valence electrons. The van der Waals surface area contributed by atoms with E-state index in [-0.39, 0.29) is 11.5 Å². The summed E-state index contributed by atoms with van der Waals surface area (Å²) in [5.41, 5.74) is 7.23. The zero-order valence-electron chi connectivity index (χ0n) is 10.3. The minimum atomic E-state index is -0.174. The molecule has 3 N–H and O–H groups in total. The normalized spacial score (nSPS) is 11.1. The lowest BCUT2D eigenvalue weighted by molar-refractivity contribution is 0.131. The van der Waals surface area contributed by atoms with E-state index < -0.39 is 0 Å². The standard InChI is InChI=1S/C14H14N4O/c15-14(16)13(12-8-4-5-9-17-12)18-19-10-11-6-2-1-3-7-11/h1-9H,10H2,(H3,15,16). The lowest BCUT2D eigenvalue weighted by Crippen LogP contribution is -2.24. The first-order chi connectivity index (χ1) is 9.27. The largest absolute Gasteiger partial charge is 0.390 e. The molecule has 0 fully saturated rings. The molecule has 0 aliphatic heterocycles. The van der Waals surface area contributed by atoms with Crippen molar-refractivity contribution in [2.45, 2.75) is 6.61 Å². The van der Waals surface area contributed by atoms with Crippen LogP contribution in [0.5, 0.6) is 0 Å². The Labute approximate surface area is 111 Å². The molecule has 0 aliphatic rings. The van der Waals surface area contributed by atoms with Gasteiger partial charge in [-0.2, -0.15) is 0 Å².